The van der Waals surface area contributed by atoms with Crippen LogP contribution in [0.5, 0.6) is 23.0 Å². The third-order valence-corrected chi connectivity index (χ3v) is 5.55. The Morgan fingerprint density at radius 1 is 0.943 bits per heavy atom. The summed E-state index contributed by atoms with van der Waals surface area (Å²) in [6.45, 7) is 0. The number of ether oxygens (including phenoxy) is 3. The summed E-state index contributed by atoms with van der Waals surface area (Å²) < 4.78 is 18.0. The van der Waals surface area contributed by atoms with Crippen molar-refractivity contribution in [2.24, 2.45) is 0 Å². The lowest BCUT2D eigenvalue weighted by molar-refractivity contribution is -0.136. The third-order valence-electron chi connectivity index (χ3n) is 5.55. The quantitative estimate of drug-likeness (QED) is 0.262. The number of hydrogen-bond acceptors (Lipinski definition) is 6. The monoisotopic (exact) mass is 475 g/mol. The molecular weight excluding hydrogens is 446 g/mol. The fourth-order valence-corrected chi connectivity index (χ4v) is 3.98. The van der Waals surface area contributed by atoms with Crippen LogP contribution in [0.15, 0.2) is 79.1 Å². The SMILES string of the molecule is CONC(=COc1cc(CC(=O)O)cc(OC2CCCC2)c1)c1cccc(Oc2ccccc2)c1. The molecule has 0 unspecified atom stereocenters. The largest absolute Gasteiger partial charge is 0.490 e. The van der Waals surface area contributed by atoms with Crippen molar-refractivity contribution in [2.75, 3.05) is 7.11 Å². The van der Waals surface area contributed by atoms with Crippen LogP contribution in [0.3, 0.4) is 0 Å². The molecule has 3 aromatic carbocycles. The van der Waals surface area contributed by atoms with Crippen molar-refractivity contribution < 1.29 is 28.9 Å². The third kappa shape index (κ3) is 7.25. The van der Waals surface area contributed by atoms with Gasteiger partial charge in [0.15, 0.2) is 0 Å². The maximum absolute atomic E-state index is 11.3. The number of carbonyl (C=O) groups is 1. The molecule has 0 aliphatic heterocycles. The fraction of sp³-hybridized carbons (Fsp3) is 0.250. The van der Waals surface area contributed by atoms with Crippen LogP contribution in [0.1, 0.15) is 36.8 Å². The second-order valence-electron chi connectivity index (χ2n) is 8.31. The Labute approximate surface area is 204 Å². The van der Waals surface area contributed by atoms with Crippen molar-refractivity contribution in [3.63, 3.8) is 0 Å². The van der Waals surface area contributed by atoms with E-state index in [1.807, 2.05) is 54.6 Å². The highest BCUT2D eigenvalue weighted by molar-refractivity contribution is 5.70. The summed E-state index contributed by atoms with van der Waals surface area (Å²) in [5.41, 5.74) is 4.79. The first-order valence-electron chi connectivity index (χ1n) is 11.6. The molecule has 7 heteroatoms. The zero-order valence-electron chi connectivity index (χ0n) is 19.6. The fourth-order valence-electron chi connectivity index (χ4n) is 3.98. The molecule has 1 aliphatic rings. The average molecular weight is 476 g/mol. The van der Waals surface area contributed by atoms with Crippen molar-refractivity contribution in [1.82, 2.24) is 5.48 Å². The summed E-state index contributed by atoms with van der Waals surface area (Å²) in [6, 6.07) is 22.3. The van der Waals surface area contributed by atoms with Crippen LogP contribution in [0.4, 0.5) is 0 Å². The van der Waals surface area contributed by atoms with Gasteiger partial charge in [-0.05, 0) is 67.6 Å². The molecule has 1 aliphatic carbocycles. The molecule has 3 aromatic rings. The molecule has 4 rings (SSSR count). The minimum Gasteiger partial charge on any atom is -0.490 e. The van der Waals surface area contributed by atoms with E-state index in [0.717, 1.165) is 37.0 Å². The van der Waals surface area contributed by atoms with Crippen LogP contribution in [-0.4, -0.2) is 24.3 Å². The van der Waals surface area contributed by atoms with E-state index in [1.54, 1.807) is 18.2 Å². The summed E-state index contributed by atoms with van der Waals surface area (Å²) >= 11 is 0. The van der Waals surface area contributed by atoms with Crippen LogP contribution in [0.25, 0.3) is 5.70 Å². The Bertz CT molecular complexity index is 1160. The second-order valence-corrected chi connectivity index (χ2v) is 8.31. The number of rotatable bonds is 11. The van der Waals surface area contributed by atoms with Crippen LogP contribution in [0, 0.1) is 0 Å². The van der Waals surface area contributed by atoms with E-state index in [9.17, 15) is 9.90 Å². The van der Waals surface area contributed by atoms with Crippen molar-refractivity contribution in [1.29, 1.82) is 0 Å². The molecule has 0 amide bonds. The van der Waals surface area contributed by atoms with Crippen LogP contribution >= 0.6 is 0 Å². The molecule has 1 fully saturated rings. The van der Waals surface area contributed by atoms with E-state index in [4.69, 9.17) is 19.0 Å². The summed E-state index contributed by atoms with van der Waals surface area (Å²) in [5.74, 6) is 1.56. The van der Waals surface area contributed by atoms with Gasteiger partial charge in [-0.25, -0.2) is 0 Å². The predicted molar refractivity (Wildman–Crippen MR) is 132 cm³/mol. The molecule has 0 bridgehead atoms. The van der Waals surface area contributed by atoms with Crippen molar-refractivity contribution in [3.05, 3.63) is 90.2 Å². The molecule has 1 saturated carbocycles. The first-order valence-corrected chi connectivity index (χ1v) is 11.6. The molecule has 35 heavy (non-hydrogen) atoms. The minimum atomic E-state index is -0.915. The molecule has 0 saturated heterocycles. The van der Waals surface area contributed by atoms with Gasteiger partial charge in [0, 0.05) is 11.6 Å². The molecule has 182 valence electrons. The summed E-state index contributed by atoms with van der Waals surface area (Å²) in [5, 5.41) is 9.27. The summed E-state index contributed by atoms with van der Waals surface area (Å²) in [4.78, 5) is 16.5. The Kier molecular flexibility index (Phi) is 8.25. The first kappa shape index (κ1) is 24.2. The van der Waals surface area contributed by atoms with Crippen LogP contribution in [-0.2, 0) is 16.1 Å². The van der Waals surface area contributed by atoms with Crippen LogP contribution in [0.2, 0.25) is 0 Å². The Balaban J connectivity index is 1.55. The lowest BCUT2D eigenvalue weighted by Crippen LogP contribution is -2.12. The standard InChI is InChI=1S/C28H29NO6/c1-32-29-27(21-8-7-13-24(17-21)34-22-9-3-2-4-10-22)19-33-25-14-20(16-28(30)31)15-26(18-25)35-23-11-5-6-12-23/h2-4,7-10,13-15,17-19,23,29H,5-6,11-12,16H2,1H3,(H,30,31). The molecule has 7 nitrogen and oxygen atoms in total. The minimum absolute atomic E-state index is 0.121. The number of hydrogen-bond donors (Lipinski definition) is 2. The maximum Gasteiger partial charge on any atom is 0.307 e. The number of carboxylic acids is 1. The normalized spacial score (nSPS) is 13.9. The van der Waals surface area contributed by atoms with Gasteiger partial charge in [0.25, 0.3) is 0 Å². The number of aliphatic carboxylic acids is 1. The van der Waals surface area contributed by atoms with Gasteiger partial charge < -0.3 is 19.3 Å². The van der Waals surface area contributed by atoms with Gasteiger partial charge in [0.1, 0.15) is 35.0 Å². The van der Waals surface area contributed by atoms with E-state index in [-0.39, 0.29) is 12.5 Å². The van der Waals surface area contributed by atoms with Gasteiger partial charge in [-0.3, -0.25) is 15.1 Å². The first-order chi connectivity index (χ1) is 17.1. The number of nitrogens with one attached hydrogen (secondary N) is 1. The molecule has 0 atom stereocenters. The van der Waals surface area contributed by atoms with E-state index in [0.29, 0.717) is 28.5 Å². The Hall–Kier alpha value is -3.97. The second kappa shape index (κ2) is 11.9. The smallest absolute Gasteiger partial charge is 0.307 e. The zero-order chi connectivity index (χ0) is 24.5. The van der Waals surface area contributed by atoms with E-state index >= 15 is 0 Å². The average Bonchev–Trinajstić information content (AvgIpc) is 3.35. The van der Waals surface area contributed by atoms with Gasteiger partial charge >= 0.3 is 5.97 Å². The number of para-hydroxylation sites is 1. The predicted octanol–water partition coefficient (Wildman–Crippen LogP) is 5.96. The summed E-state index contributed by atoms with van der Waals surface area (Å²) in [7, 11) is 1.51. The molecule has 2 N–H and O–H groups in total. The van der Waals surface area contributed by atoms with Crippen molar-refractivity contribution in [2.45, 2.75) is 38.2 Å². The maximum atomic E-state index is 11.3. The van der Waals surface area contributed by atoms with Gasteiger partial charge in [-0.1, -0.05) is 30.3 Å². The number of hydroxylamine groups is 1. The highest BCUT2D eigenvalue weighted by Crippen LogP contribution is 2.30. The van der Waals surface area contributed by atoms with E-state index in [1.165, 1.54) is 13.4 Å². The highest BCUT2D eigenvalue weighted by atomic mass is 16.6. The topological polar surface area (TPSA) is 86.3 Å². The van der Waals surface area contributed by atoms with E-state index < -0.39 is 5.97 Å². The Morgan fingerprint density at radius 3 is 2.43 bits per heavy atom. The summed E-state index contributed by atoms with van der Waals surface area (Å²) in [6.07, 6.45) is 5.84. The van der Waals surface area contributed by atoms with Gasteiger partial charge in [-0.15, -0.1) is 0 Å². The zero-order valence-corrected chi connectivity index (χ0v) is 19.6. The van der Waals surface area contributed by atoms with Gasteiger partial charge in [0.2, 0.25) is 0 Å². The van der Waals surface area contributed by atoms with Gasteiger partial charge in [-0.2, -0.15) is 0 Å². The van der Waals surface area contributed by atoms with E-state index in [2.05, 4.69) is 5.48 Å². The molecule has 0 heterocycles. The van der Waals surface area contributed by atoms with Crippen molar-refractivity contribution in [3.8, 4) is 23.0 Å². The molecule has 0 aromatic heterocycles. The number of benzene rings is 3. The van der Waals surface area contributed by atoms with Gasteiger partial charge in [0.05, 0.1) is 19.6 Å². The Morgan fingerprint density at radius 2 is 1.69 bits per heavy atom. The van der Waals surface area contributed by atoms with Crippen LogP contribution < -0.4 is 19.7 Å². The number of carboxylic acid groups (broad SMARTS) is 1. The van der Waals surface area contributed by atoms with Crippen molar-refractivity contribution >= 4 is 11.7 Å². The molecule has 0 spiro atoms. The lowest BCUT2D eigenvalue weighted by atomic mass is 10.1. The molecule has 0 radical (unpaired) electrons. The highest BCUT2D eigenvalue weighted by Gasteiger charge is 2.17. The lowest BCUT2D eigenvalue weighted by Gasteiger charge is -2.16. The molecular formula is C28H29NO6.